The molecule has 4 heteroatoms. The molecule has 0 unspecified atom stereocenters. The van der Waals surface area contributed by atoms with Crippen molar-refractivity contribution >= 4 is 11.6 Å². The largest absolute Gasteiger partial charge is 0.339 e. The molecule has 1 saturated carbocycles. The number of nitrogens with zero attached hydrogens (tertiary/aromatic N) is 2. The van der Waals surface area contributed by atoms with Crippen molar-refractivity contribution in [3.8, 4) is 0 Å². The molecule has 1 fully saturated rings. The Balaban J connectivity index is 1.92. The fourth-order valence-electron chi connectivity index (χ4n) is 2.47. The zero-order valence-corrected chi connectivity index (χ0v) is 11.1. The summed E-state index contributed by atoms with van der Waals surface area (Å²) in [5.74, 6) is 2.85. The number of hydrogen-bond donors (Lipinski definition) is 0. The van der Waals surface area contributed by atoms with Crippen molar-refractivity contribution in [2.24, 2.45) is 0 Å². The van der Waals surface area contributed by atoms with Gasteiger partial charge < -0.3 is 4.52 Å². The van der Waals surface area contributed by atoms with Crippen LogP contribution in [0.4, 0.5) is 0 Å². The van der Waals surface area contributed by atoms with E-state index in [0.717, 1.165) is 24.6 Å². The molecule has 17 heavy (non-hydrogen) atoms. The highest BCUT2D eigenvalue weighted by atomic mass is 35.5. The van der Waals surface area contributed by atoms with Gasteiger partial charge in [-0.15, -0.1) is 11.6 Å². The van der Waals surface area contributed by atoms with Gasteiger partial charge >= 0.3 is 0 Å². The first-order valence-electron chi connectivity index (χ1n) is 6.78. The Bertz CT molecular complexity index is 319. The lowest BCUT2D eigenvalue weighted by Crippen LogP contribution is -2.04. The number of alkyl halides is 1. The lowest BCUT2D eigenvalue weighted by molar-refractivity contribution is 0.360. The number of rotatable bonds is 4. The summed E-state index contributed by atoms with van der Waals surface area (Å²) in [5, 5.41) is 4.14. The van der Waals surface area contributed by atoms with Crippen LogP contribution in [0.5, 0.6) is 0 Å². The molecular formula is C13H21ClN2O. The Hall–Kier alpha value is -0.570. The van der Waals surface area contributed by atoms with Crippen molar-refractivity contribution in [3.63, 3.8) is 0 Å². The number of aromatic nitrogens is 2. The molecule has 2 rings (SSSR count). The van der Waals surface area contributed by atoms with Crippen LogP contribution in [-0.4, -0.2) is 16.0 Å². The maximum absolute atomic E-state index is 5.66. The van der Waals surface area contributed by atoms with Crippen molar-refractivity contribution in [2.75, 3.05) is 5.88 Å². The van der Waals surface area contributed by atoms with Gasteiger partial charge in [0.25, 0.3) is 0 Å². The van der Waals surface area contributed by atoms with E-state index in [4.69, 9.17) is 16.1 Å². The third-order valence-corrected chi connectivity index (χ3v) is 3.75. The minimum Gasteiger partial charge on any atom is -0.339 e. The predicted octanol–water partition coefficient (Wildman–Crippen LogP) is 4.07. The van der Waals surface area contributed by atoms with E-state index in [-0.39, 0.29) is 0 Å². The Morgan fingerprint density at radius 3 is 2.53 bits per heavy atom. The standard InChI is InChI=1S/C13H21ClN2O/c14-10-6-9-12-15-13(16-17-12)11-7-4-2-1-3-5-8-11/h11H,1-10H2. The molecule has 1 heterocycles. The van der Waals surface area contributed by atoms with E-state index in [2.05, 4.69) is 10.1 Å². The lowest BCUT2D eigenvalue weighted by atomic mass is 9.91. The van der Waals surface area contributed by atoms with E-state index in [1.165, 1.54) is 44.9 Å². The summed E-state index contributed by atoms with van der Waals surface area (Å²) in [5.41, 5.74) is 0. The molecule has 1 aromatic rings. The fraction of sp³-hybridized carbons (Fsp3) is 0.846. The molecule has 0 spiro atoms. The second-order valence-electron chi connectivity index (χ2n) is 4.88. The molecule has 0 bridgehead atoms. The normalized spacial score (nSPS) is 18.9. The fourth-order valence-corrected chi connectivity index (χ4v) is 2.60. The first-order valence-corrected chi connectivity index (χ1v) is 7.32. The first kappa shape index (κ1) is 12.9. The summed E-state index contributed by atoms with van der Waals surface area (Å²) in [7, 11) is 0. The van der Waals surface area contributed by atoms with Gasteiger partial charge in [-0.05, 0) is 19.3 Å². The Morgan fingerprint density at radius 2 is 1.82 bits per heavy atom. The molecule has 1 aliphatic rings. The van der Waals surface area contributed by atoms with E-state index in [0.29, 0.717) is 11.8 Å². The topological polar surface area (TPSA) is 38.9 Å². The molecule has 96 valence electrons. The monoisotopic (exact) mass is 256 g/mol. The maximum Gasteiger partial charge on any atom is 0.226 e. The van der Waals surface area contributed by atoms with E-state index >= 15 is 0 Å². The highest BCUT2D eigenvalue weighted by Gasteiger charge is 2.19. The Kier molecular flexibility index (Phi) is 5.30. The number of aryl methyl sites for hydroxylation is 1. The van der Waals surface area contributed by atoms with Gasteiger partial charge in [0, 0.05) is 18.2 Å². The SMILES string of the molecule is ClCCCc1nc(C2CCCCCCC2)no1. The lowest BCUT2D eigenvalue weighted by Gasteiger charge is -2.15. The smallest absolute Gasteiger partial charge is 0.226 e. The molecule has 3 nitrogen and oxygen atoms in total. The summed E-state index contributed by atoms with van der Waals surface area (Å²) in [6.07, 6.45) is 10.9. The van der Waals surface area contributed by atoms with Gasteiger partial charge in [-0.25, -0.2) is 0 Å². The summed E-state index contributed by atoms with van der Waals surface area (Å²) < 4.78 is 5.27. The molecule has 0 radical (unpaired) electrons. The highest BCUT2D eigenvalue weighted by molar-refractivity contribution is 6.17. The van der Waals surface area contributed by atoms with E-state index in [1.807, 2.05) is 0 Å². The molecule has 0 N–H and O–H groups in total. The van der Waals surface area contributed by atoms with Crippen molar-refractivity contribution < 1.29 is 4.52 Å². The minimum atomic E-state index is 0.517. The molecule has 0 saturated heterocycles. The van der Waals surface area contributed by atoms with Gasteiger partial charge in [0.05, 0.1) is 0 Å². The van der Waals surface area contributed by atoms with Crippen LogP contribution in [0.1, 0.15) is 69.0 Å². The average Bonchev–Trinajstić information content (AvgIpc) is 2.74. The average molecular weight is 257 g/mol. The molecule has 0 amide bonds. The molecular weight excluding hydrogens is 236 g/mol. The van der Waals surface area contributed by atoms with E-state index < -0.39 is 0 Å². The Morgan fingerprint density at radius 1 is 1.12 bits per heavy atom. The van der Waals surface area contributed by atoms with Crippen molar-refractivity contribution in [1.82, 2.24) is 10.1 Å². The van der Waals surface area contributed by atoms with Gasteiger partial charge in [-0.1, -0.05) is 37.3 Å². The molecule has 1 aliphatic carbocycles. The summed E-state index contributed by atoms with van der Waals surface area (Å²) in [6.45, 7) is 0. The molecule has 1 aromatic heterocycles. The second-order valence-corrected chi connectivity index (χ2v) is 5.26. The van der Waals surface area contributed by atoms with Gasteiger partial charge in [0.1, 0.15) is 0 Å². The quantitative estimate of drug-likeness (QED) is 0.763. The van der Waals surface area contributed by atoms with Crippen molar-refractivity contribution in [2.45, 2.75) is 63.7 Å². The van der Waals surface area contributed by atoms with Gasteiger partial charge in [0.2, 0.25) is 5.89 Å². The number of hydrogen-bond acceptors (Lipinski definition) is 3. The summed E-state index contributed by atoms with van der Waals surface area (Å²) >= 11 is 5.66. The highest BCUT2D eigenvalue weighted by Crippen LogP contribution is 2.29. The van der Waals surface area contributed by atoms with Crippen LogP contribution in [0.3, 0.4) is 0 Å². The van der Waals surface area contributed by atoms with E-state index in [9.17, 15) is 0 Å². The van der Waals surface area contributed by atoms with Crippen LogP contribution < -0.4 is 0 Å². The van der Waals surface area contributed by atoms with Gasteiger partial charge in [0.15, 0.2) is 5.82 Å². The van der Waals surface area contributed by atoms with Crippen LogP contribution in [0.15, 0.2) is 4.52 Å². The second kappa shape index (κ2) is 7.00. The van der Waals surface area contributed by atoms with Crippen molar-refractivity contribution in [1.29, 1.82) is 0 Å². The van der Waals surface area contributed by atoms with Gasteiger partial charge in [-0.2, -0.15) is 4.98 Å². The summed E-state index contributed by atoms with van der Waals surface area (Å²) in [6, 6.07) is 0. The van der Waals surface area contributed by atoms with Crippen LogP contribution >= 0.6 is 11.6 Å². The molecule has 0 aromatic carbocycles. The summed E-state index contributed by atoms with van der Waals surface area (Å²) in [4.78, 5) is 4.51. The van der Waals surface area contributed by atoms with Crippen molar-refractivity contribution in [3.05, 3.63) is 11.7 Å². The third kappa shape index (κ3) is 3.98. The first-order chi connectivity index (χ1) is 8.40. The van der Waals surface area contributed by atoms with Crippen LogP contribution in [0, 0.1) is 0 Å². The molecule has 0 atom stereocenters. The van der Waals surface area contributed by atoms with Crippen LogP contribution in [0.25, 0.3) is 0 Å². The molecule has 0 aliphatic heterocycles. The minimum absolute atomic E-state index is 0.517. The van der Waals surface area contributed by atoms with Crippen LogP contribution in [0.2, 0.25) is 0 Å². The maximum atomic E-state index is 5.66. The zero-order chi connectivity index (χ0) is 11.9. The Labute approximate surface area is 108 Å². The van der Waals surface area contributed by atoms with Crippen LogP contribution in [-0.2, 0) is 6.42 Å². The van der Waals surface area contributed by atoms with E-state index in [1.54, 1.807) is 0 Å². The predicted molar refractivity (Wildman–Crippen MR) is 68.4 cm³/mol. The van der Waals surface area contributed by atoms with Gasteiger partial charge in [-0.3, -0.25) is 0 Å². The number of halogens is 1. The zero-order valence-electron chi connectivity index (χ0n) is 10.3. The third-order valence-electron chi connectivity index (χ3n) is 3.48.